The average molecular weight is 292 g/mol. The lowest BCUT2D eigenvalue weighted by molar-refractivity contribution is 0.116. The molecule has 0 aromatic carbocycles. The first-order chi connectivity index (χ1) is 9.90. The van der Waals surface area contributed by atoms with Crippen LogP contribution in [0.15, 0.2) is 6.07 Å². The van der Waals surface area contributed by atoms with Gasteiger partial charge in [-0.15, -0.1) is 0 Å². The van der Waals surface area contributed by atoms with Crippen LogP contribution in [0.25, 0.3) is 0 Å². The van der Waals surface area contributed by atoms with E-state index in [4.69, 9.17) is 0 Å². The zero-order valence-corrected chi connectivity index (χ0v) is 13.6. The van der Waals surface area contributed by atoms with Crippen molar-refractivity contribution in [2.45, 2.75) is 70.9 Å². The Balaban J connectivity index is 2.22. The van der Waals surface area contributed by atoms with Crippen LogP contribution in [-0.2, 0) is 5.41 Å². The van der Waals surface area contributed by atoms with Gasteiger partial charge < -0.3 is 15.7 Å². The highest BCUT2D eigenvalue weighted by molar-refractivity contribution is 5.49. The Morgan fingerprint density at radius 3 is 2.48 bits per heavy atom. The van der Waals surface area contributed by atoms with Crippen molar-refractivity contribution in [3.8, 4) is 0 Å². The summed E-state index contributed by atoms with van der Waals surface area (Å²) in [5.74, 6) is 2.45. The van der Waals surface area contributed by atoms with Crippen LogP contribution in [0, 0.1) is 0 Å². The smallest absolute Gasteiger partial charge is 0.138 e. The van der Waals surface area contributed by atoms with Crippen LogP contribution in [0.3, 0.4) is 0 Å². The van der Waals surface area contributed by atoms with E-state index in [0.29, 0.717) is 0 Å². The normalized spacial score (nSPS) is 22.9. The SMILES string of the molecule is CCNc1cc(NC2CCCCC2O)nc(C(C)(C)C)n1. The van der Waals surface area contributed by atoms with Gasteiger partial charge in [0.2, 0.25) is 0 Å². The molecule has 21 heavy (non-hydrogen) atoms. The van der Waals surface area contributed by atoms with Gasteiger partial charge in [-0.25, -0.2) is 9.97 Å². The van der Waals surface area contributed by atoms with Gasteiger partial charge in [0.15, 0.2) is 0 Å². The third-order valence-corrected chi connectivity index (χ3v) is 3.82. The maximum absolute atomic E-state index is 10.1. The molecule has 0 spiro atoms. The molecule has 118 valence electrons. The lowest BCUT2D eigenvalue weighted by atomic mass is 9.92. The zero-order valence-electron chi connectivity index (χ0n) is 13.6. The summed E-state index contributed by atoms with van der Waals surface area (Å²) in [7, 11) is 0. The number of aliphatic hydroxyl groups is 1. The molecule has 0 bridgehead atoms. The summed E-state index contributed by atoms with van der Waals surface area (Å²) in [6, 6.07) is 2.02. The second-order valence-electron chi connectivity index (χ2n) is 6.84. The monoisotopic (exact) mass is 292 g/mol. The number of aromatic nitrogens is 2. The standard InChI is InChI=1S/C16H28N4O/c1-5-17-13-10-14(20-15(19-13)16(2,3)4)18-11-8-6-7-9-12(11)21/h10-12,21H,5-9H2,1-4H3,(H2,17,18,19,20). The van der Waals surface area contributed by atoms with Gasteiger partial charge >= 0.3 is 0 Å². The second-order valence-corrected chi connectivity index (χ2v) is 6.84. The number of nitrogens with zero attached hydrogens (tertiary/aromatic N) is 2. The summed E-state index contributed by atoms with van der Waals surface area (Å²) in [4.78, 5) is 9.22. The van der Waals surface area contributed by atoms with E-state index in [1.165, 1.54) is 0 Å². The molecule has 0 aliphatic heterocycles. The van der Waals surface area contributed by atoms with Crippen LogP contribution in [0.2, 0.25) is 0 Å². The van der Waals surface area contributed by atoms with Gasteiger partial charge in [-0.1, -0.05) is 33.6 Å². The average Bonchev–Trinajstić information content (AvgIpc) is 2.41. The van der Waals surface area contributed by atoms with Crippen molar-refractivity contribution in [3.63, 3.8) is 0 Å². The molecule has 5 heteroatoms. The van der Waals surface area contributed by atoms with Gasteiger partial charge in [0.1, 0.15) is 17.5 Å². The summed E-state index contributed by atoms with van der Waals surface area (Å²) in [5, 5.41) is 16.8. The van der Waals surface area contributed by atoms with Gasteiger partial charge in [0, 0.05) is 18.0 Å². The summed E-state index contributed by atoms with van der Waals surface area (Å²) in [5.41, 5.74) is -0.104. The van der Waals surface area contributed by atoms with Crippen molar-refractivity contribution < 1.29 is 5.11 Å². The molecule has 1 aliphatic carbocycles. The summed E-state index contributed by atoms with van der Waals surface area (Å²) >= 11 is 0. The van der Waals surface area contributed by atoms with E-state index in [2.05, 4.69) is 48.3 Å². The van der Waals surface area contributed by atoms with E-state index in [9.17, 15) is 5.11 Å². The van der Waals surface area contributed by atoms with Crippen molar-refractivity contribution in [3.05, 3.63) is 11.9 Å². The van der Waals surface area contributed by atoms with Gasteiger partial charge in [-0.05, 0) is 19.8 Å². The molecule has 3 N–H and O–H groups in total. The molecule has 0 radical (unpaired) electrons. The first-order valence-corrected chi connectivity index (χ1v) is 7.98. The van der Waals surface area contributed by atoms with Crippen LogP contribution < -0.4 is 10.6 Å². The van der Waals surface area contributed by atoms with Crippen LogP contribution in [-0.4, -0.2) is 33.8 Å². The van der Waals surface area contributed by atoms with Crippen molar-refractivity contribution in [1.82, 2.24) is 9.97 Å². The molecule has 2 unspecified atom stereocenters. The highest BCUT2D eigenvalue weighted by atomic mass is 16.3. The van der Waals surface area contributed by atoms with Crippen molar-refractivity contribution >= 4 is 11.6 Å². The quantitative estimate of drug-likeness (QED) is 0.796. The second kappa shape index (κ2) is 6.60. The Labute approximate surface area is 127 Å². The number of hydrogen-bond acceptors (Lipinski definition) is 5. The Kier molecular flexibility index (Phi) is 5.04. The minimum absolute atomic E-state index is 0.0935. The fourth-order valence-electron chi connectivity index (χ4n) is 2.60. The molecule has 0 amide bonds. The van der Waals surface area contributed by atoms with Gasteiger partial charge in [0.05, 0.1) is 12.1 Å². The molecule has 1 saturated carbocycles. The highest BCUT2D eigenvalue weighted by Gasteiger charge is 2.24. The number of hydrogen-bond donors (Lipinski definition) is 3. The fourth-order valence-corrected chi connectivity index (χ4v) is 2.60. The topological polar surface area (TPSA) is 70.1 Å². The third kappa shape index (κ3) is 4.30. The Hall–Kier alpha value is -1.36. The van der Waals surface area contributed by atoms with Crippen molar-refractivity contribution in [2.24, 2.45) is 0 Å². The molecule has 1 aromatic rings. The molecule has 1 fully saturated rings. The molecule has 2 rings (SSSR count). The van der Waals surface area contributed by atoms with Crippen LogP contribution in [0.5, 0.6) is 0 Å². The molecular weight excluding hydrogens is 264 g/mol. The van der Waals surface area contributed by atoms with Gasteiger partial charge in [-0.2, -0.15) is 0 Å². The Bertz CT molecular complexity index is 470. The van der Waals surface area contributed by atoms with E-state index < -0.39 is 0 Å². The number of aliphatic hydroxyl groups excluding tert-OH is 1. The third-order valence-electron chi connectivity index (χ3n) is 3.82. The summed E-state index contributed by atoms with van der Waals surface area (Å²) < 4.78 is 0. The van der Waals surface area contributed by atoms with Gasteiger partial charge in [0.25, 0.3) is 0 Å². The van der Waals surface area contributed by atoms with Gasteiger partial charge in [-0.3, -0.25) is 0 Å². The molecule has 0 saturated heterocycles. The maximum Gasteiger partial charge on any atom is 0.138 e. The first-order valence-electron chi connectivity index (χ1n) is 7.98. The summed E-state index contributed by atoms with van der Waals surface area (Å²) in [6.07, 6.45) is 3.85. The minimum Gasteiger partial charge on any atom is -0.391 e. The number of rotatable bonds is 4. The maximum atomic E-state index is 10.1. The molecule has 1 aliphatic rings. The zero-order chi connectivity index (χ0) is 15.5. The predicted octanol–water partition coefficient (Wildman–Crippen LogP) is 2.92. The van der Waals surface area contributed by atoms with Crippen molar-refractivity contribution in [1.29, 1.82) is 0 Å². The van der Waals surface area contributed by atoms with E-state index in [0.717, 1.165) is 49.7 Å². The summed E-state index contributed by atoms with van der Waals surface area (Å²) in [6.45, 7) is 9.20. The van der Waals surface area contributed by atoms with Crippen LogP contribution >= 0.6 is 0 Å². The lowest BCUT2D eigenvalue weighted by Crippen LogP contribution is -2.36. The highest BCUT2D eigenvalue weighted by Crippen LogP contribution is 2.25. The molecule has 5 nitrogen and oxygen atoms in total. The van der Waals surface area contributed by atoms with Crippen LogP contribution in [0.4, 0.5) is 11.6 Å². The molecule has 1 heterocycles. The Morgan fingerprint density at radius 1 is 1.19 bits per heavy atom. The minimum atomic E-state index is -0.283. The van der Waals surface area contributed by atoms with E-state index >= 15 is 0 Å². The van der Waals surface area contributed by atoms with Crippen molar-refractivity contribution in [2.75, 3.05) is 17.2 Å². The fraction of sp³-hybridized carbons (Fsp3) is 0.750. The predicted molar refractivity (Wildman–Crippen MR) is 86.8 cm³/mol. The number of anilines is 2. The van der Waals surface area contributed by atoms with E-state index in [-0.39, 0.29) is 17.6 Å². The first kappa shape index (κ1) is 16.0. The Morgan fingerprint density at radius 2 is 1.86 bits per heavy atom. The number of nitrogens with one attached hydrogen (secondary N) is 2. The van der Waals surface area contributed by atoms with E-state index in [1.54, 1.807) is 0 Å². The van der Waals surface area contributed by atoms with E-state index in [1.807, 2.05) is 6.07 Å². The molecule has 1 aromatic heterocycles. The molecule has 2 atom stereocenters. The largest absolute Gasteiger partial charge is 0.391 e. The lowest BCUT2D eigenvalue weighted by Gasteiger charge is -2.29. The van der Waals surface area contributed by atoms with Crippen LogP contribution in [0.1, 0.15) is 59.2 Å². The molecular formula is C16H28N4O.